The Balaban J connectivity index is 1.65. The second-order valence-corrected chi connectivity index (χ2v) is 6.64. The van der Waals surface area contributed by atoms with E-state index < -0.39 is 0 Å². The number of allylic oxidation sites excluding steroid dienone is 2. The number of nitrogens with zero attached hydrogens (tertiary/aromatic N) is 2. The number of pyridine rings is 1. The highest BCUT2D eigenvalue weighted by Crippen LogP contribution is 2.24. The second kappa shape index (κ2) is 8.60. The van der Waals surface area contributed by atoms with Gasteiger partial charge in [0, 0.05) is 48.9 Å². The molecule has 1 aliphatic rings. The molecular formula is C21H24N4O2. The standard InChI is InChI=1S/C21H24N4O2/c1-15(26)25(19-4-2-3-5-19)14-20(22)16-6-8-17(9-7-16)21(27)24-18-10-12-23-13-11-18/h4,6-13,20H,2-3,5,14,22H2,1H3,(H,23,24,27). The number of nitrogens with two attached hydrogens (primary N) is 1. The van der Waals surface area contributed by atoms with E-state index in [4.69, 9.17) is 5.73 Å². The summed E-state index contributed by atoms with van der Waals surface area (Å²) in [7, 11) is 0. The van der Waals surface area contributed by atoms with Crippen LogP contribution in [0.5, 0.6) is 0 Å². The second-order valence-electron chi connectivity index (χ2n) is 6.64. The molecule has 0 spiro atoms. The smallest absolute Gasteiger partial charge is 0.255 e. The lowest BCUT2D eigenvalue weighted by atomic mass is 10.0. The van der Waals surface area contributed by atoms with E-state index in [2.05, 4.69) is 16.4 Å². The zero-order valence-electron chi connectivity index (χ0n) is 15.4. The largest absolute Gasteiger partial charge is 0.322 e. The Morgan fingerprint density at radius 1 is 1.19 bits per heavy atom. The summed E-state index contributed by atoms with van der Waals surface area (Å²) in [4.78, 5) is 30.0. The molecule has 0 saturated heterocycles. The summed E-state index contributed by atoms with van der Waals surface area (Å²) in [6.07, 6.45) is 8.36. The van der Waals surface area contributed by atoms with Gasteiger partial charge in [-0.25, -0.2) is 0 Å². The molecule has 2 aromatic rings. The highest BCUT2D eigenvalue weighted by molar-refractivity contribution is 6.04. The summed E-state index contributed by atoms with van der Waals surface area (Å²) < 4.78 is 0. The first-order valence-corrected chi connectivity index (χ1v) is 9.08. The number of anilines is 1. The van der Waals surface area contributed by atoms with Crippen molar-refractivity contribution in [3.63, 3.8) is 0 Å². The fraction of sp³-hybridized carbons (Fsp3) is 0.286. The molecule has 1 unspecified atom stereocenters. The van der Waals surface area contributed by atoms with E-state index in [0.717, 1.165) is 30.5 Å². The number of carbonyl (C=O) groups excluding carboxylic acids is 2. The Morgan fingerprint density at radius 3 is 2.48 bits per heavy atom. The quantitative estimate of drug-likeness (QED) is 0.823. The zero-order chi connectivity index (χ0) is 19.2. The molecule has 140 valence electrons. The third kappa shape index (κ3) is 4.80. The van der Waals surface area contributed by atoms with Crippen molar-refractivity contribution < 1.29 is 9.59 Å². The predicted molar refractivity (Wildman–Crippen MR) is 105 cm³/mol. The molecule has 1 aromatic heterocycles. The van der Waals surface area contributed by atoms with Gasteiger partial charge in [-0.3, -0.25) is 14.6 Å². The number of carbonyl (C=O) groups is 2. The molecule has 3 N–H and O–H groups in total. The third-order valence-corrected chi connectivity index (χ3v) is 4.66. The van der Waals surface area contributed by atoms with Crippen LogP contribution in [-0.4, -0.2) is 28.2 Å². The lowest BCUT2D eigenvalue weighted by Gasteiger charge is -2.26. The highest BCUT2D eigenvalue weighted by Gasteiger charge is 2.20. The maximum atomic E-state index is 12.3. The van der Waals surface area contributed by atoms with Crippen LogP contribution < -0.4 is 11.1 Å². The number of nitrogens with one attached hydrogen (secondary N) is 1. The van der Waals surface area contributed by atoms with E-state index in [1.165, 1.54) is 0 Å². The van der Waals surface area contributed by atoms with Crippen molar-refractivity contribution >= 4 is 17.5 Å². The summed E-state index contributed by atoms with van der Waals surface area (Å²) in [5, 5.41) is 2.82. The fourth-order valence-corrected chi connectivity index (χ4v) is 3.17. The molecule has 1 heterocycles. The van der Waals surface area contributed by atoms with Gasteiger partial charge in [0.25, 0.3) is 5.91 Å². The average Bonchev–Trinajstić information content (AvgIpc) is 3.21. The summed E-state index contributed by atoms with van der Waals surface area (Å²) in [6, 6.07) is 10.3. The third-order valence-electron chi connectivity index (χ3n) is 4.66. The topological polar surface area (TPSA) is 88.3 Å². The lowest BCUT2D eigenvalue weighted by molar-refractivity contribution is -0.127. The number of amides is 2. The number of benzene rings is 1. The van der Waals surface area contributed by atoms with Gasteiger partial charge < -0.3 is 16.0 Å². The van der Waals surface area contributed by atoms with Gasteiger partial charge in [0.15, 0.2) is 0 Å². The van der Waals surface area contributed by atoms with Gasteiger partial charge in [0.1, 0.15) is 0 Å². The molecule has 1 aliphatic carbocycles. The molecule has 2 amide bonds. The SMILES string of the molecule is CC(=O)N(CC(N)c1ccc(C(=O)Nc2ccncc2)cc1)C1=CCCC1. The van der Waals surface area contributed by atoms with E-state index >= 15 is 0 Å². The Morgan fingerprint density at radius 2 is 1.89 bits per heavy atom. The Labute approximate surface area is 159 Å². The van der Waals surface area contributed by atoms with Gasteiger partial charge in [-0.15, -0.1) is 0 Å². The van der Waals surface area contributed by atoms with Crippen molar-refractivity contribution in [2.24, 2.45) is 5.73 Å². The first-order valence-electron chi connectivity index (χ1n) is 9.08. The van der Waals surface area contributed by atoms with Gasteiger partial charge in [-0.05, 0) is 49.1 Å². The van der Waals surface area contributed by atoms with E-state index in [1.807, 2.05) is 12.1 Å². The normalized spacial score (nSPS) is 14.4. The van der Waals surface area contributed by atoms with Gasteiger partial charge >= 0.3 is 0 Å². The van der Waals surface area contributed by atoms with E-state index in [-0.39, 0.29) is 17.9 Å². The van der Waals surface area contributed by atoms with Gasteiger partial charge in [-0.1, -0.05) is 18.2 Å². The Kier molecular flexibility index (Phi) is 5.98. The number of rotatable bonds is 6. The first kappa shape index (κ1) is 18.8. The summed E-state index contributed by atoms with van der Waals surface area (Å²) in [6.45, 7) is 2.00. The van der Waals surface area contributed by atoms with Crippen LogP contribution in [0.15, 0.2) is 60.6 Å². The number of hydrogen-bond acceptors (Lipinski definition) is 4. The minimum Gasteiger partial charge on any atom is -0.322 e. The fourth-order valence-electron chi connectivity index (χ4n) is 3.17. The number of aromatic nitrogens is 1. The van der Waals surface area contributed by atoms with Crippen LogP contribution in [0.2, 0.25) is 0 Å². The van der Waals surface area contributed by atoms with Crippen LogP contribution in [0.4, 0.5) is 5.69 Å². The van der Waals surface area contributed by atoms with Gasteiger partial charge in [-0.2, -0.15) is 0 Å². The van der Waals surface area contributed by atoms with E-state index in [0.29, 0.717) is 17.8 Å². The monoisotopic (exact) mass is 364 g/mol. The van der Waals surface area contributed by atoms with Crippen LogP contribution in [0.1, 0.15) is 48.1 Å². The van der Waals surface area contributed by atoms with Crippen molar-refractivity contribution in [2.45, 2.75) is 32.2 Å². The molecule has 0 fully saturated rings. The van der Waals surface area contributed by atoms with Crippen molar-refractivity contribution in [3.8, 4) is 0 Å². The van der Waals surface area contributed by atoms with Crippen molar-refractivity contribution in [2.75, 3.05) is 11.9 Å². The lowest BCUT2D eigenvalue weighted by Crippen LogP contribution is -2.34. The minimum absolute atomic E-state index is 0.00643. The van der Waals surface area contributed by atoms with E-state index in [1.54, 1.807) is 48.5 Å². The molecule has 1 aromatic carbocycles. The average molecular weight is 364 g/mol. The zero-order valence-corrected chi connectivity index (χ0v) is 15.4. The molecule has 6 heteroatoms. The molecule has 0 aliphatic heterocycles. The summed E-state index contributed by atoms with van der Waals surface area (Å²) >= 11 is 0. The molecule has 3 rings (SSSR count). The van der Waals surface area contributed by atoms with Gasteiger partial charge in [0.05, 0.1) is 0 Å². The Hall–Kier alpha value is -2.99. The maximum Gasteiger partial charge on any atom is 0.255 e. The molecule has 0 saturated carbocycles. The molecule has 0 bridgehead atoms. The molecule has 0 radical (unpaired) electrons. The first-order chi connectivity index (χ1) is 13.0. The van der Waals surface area contributed by atoms with Crippen LogP contribution in [0.3, 0.4) is 0 Å². The molecule has 1 atom stereocenters. The van der Waals surface area contributed by atoms with Gasteiger partial charge in [0.2, 0.25) is 5.91 Å². The van der Waals surface area contributed by atoms with Crippen LogP contribution in [0, 0.1) is 0 Å². The predicted octanol–water partition coefficient (Wildman–Crippen LogP) is 3.25. The minimum atomic E-state index is -0.312. The van der Waals surface area contributed by atoms with Crippen molar-refractivity contribution in [3.05, 3.63) is 71.7 Å². The molecule has 27 heavy (non-hydrogen) atoms. The van der Waals surface area contributed by atoms with Crippen LogP contribution >= 0.6 is 0 Å². The molecule has 6 nitrogen and oxygen atoms in total. The van der Waals surface area contributed by atoms with E-state index in [9.17, 15) is 9.59 Å². The van der Waals surface area contributed by atoms with Crippen LogP contribution in [0.25, 0.3) is 0 Å². The number of hydrogen-bond donors (Lipinski definition) is 2. The Bertz CT molecular complexity index is 831. The van der Waals surface area contributed by atoms with Crippen molar-refractivity contribution in [1.29, 1.82) is 0 Å². The maximum absolute atomic E-state index is 12.3. The molecular weight excluding hydrogens is 340 g/mol. The van der Waals surface area contributed by atoms with Crippen molar-refractivity contribution in [1.82, 2.24) is 9.88 Å². The van der Waals surface area contributed by atoms with Crippen LogP contribution in [-0.2, 0) is 4.79 Å². The summed E-state index contributed by atoms with van der Waals surface area (Å²) in [5.74, 6) is -0.185. The summed E-state index contributed by atoms with van der Waals surface area (Å²) in [5.41, 5.74) is 9.51. The highest BCUT2D eigenvalue weighted by atomic mass is 16.2.